The number of nitrogens with two attached hydrogens (primary N) is 1. The molecule has 1 unspecified atom stereocenters. The Kier molecular flexibility index (Phi) is 6.13. The minimum absolute atomic E-state index is 0.415. The fourth-order valence-electron chi connectivity index (χ4n) is 4.01. The molecular formula is C26H25N7O. The Morgan fingerprint density at radius 2 is 2.00 bits per heavy atom. The third kappa shape index (κ3) is 5.02. The topological polar surface area (TPSA) is 118 Å². The van der Waals surface area contributed by atoms with Gasteiger partial charge in [0, 0.05) is 35.8 Å². The van der Waals surface area contributed by atoms with Crippen LogP contribution in [-0.4, -0.2) is 40.0 Å². The smallest absolute Gasteiger partial charge is 0.241 e. The minimum Gasteiger partial charge on any atom is -0.366 e. The van der Waals surface area contributed by atoms with Gasteiger partial charge in [0.15, 0.2) is 0 Å². The van der Waals surface area contributed by atoms with Crippen LogP contribution in [0.5, 0.6) is 0 Å². The van der Waals surface area contributed by atoms with Crippen LogP contribution in [0.25, 0.3) is 28.1 Å². The fraction of sp³-hybridized carbons (Fsp3) is 0.154. The molecule has 2 aromatic heterocycles. The van der Waals surface area contributed by atoms with Crippen LogP contribution in [-0.2, 0) is 4.79 Å². The number of anilines is 3. The number of rotatable bonds is 7. The summed E-state index contributed by atoms with van der Waals surface area (Å²) in [6, 6.07) is 18.2. The van der Waals surface area contributed by atoms with Crippen LogP contribution >= 0.6 is 0 Å². The van der Waals surface area contributed by atoms with Crippen LogP contribution in [0.15, 0.2) is 73.1 Å². The van der Waals surface area contributed by atoms with Crippen molar-refractivity contribution in [3.8, 4) is 11.1 Å². The van der Waals surface area contributed by atoms with E-state index in [1.807, 2.05) is 60.8 Å². The van der Waals surface area contributed by atoms with Crippen molar-refractivity contribution in [1.29, 1.82) is 0 Å². The van der Waals surface area contributed by atoms with Crippen molar-refractivity contribution in [3.05, 3.63) is 78.6 Å². The molecule has 170 valence electrons. The number of fused-ring (bicyclic) bond motifs is 1. The number of nitrogens with zero attached hydrogens (tertiary/aromatic N) is 3. The molecule has 5 rings (SSSR count). The molecule has 1 aliphatic heterocycles. The van der Waals surface area contributed by atoms with Gasteiger partial charge >= 0.3 is 0 Å². The average Bonchev–Trinajstić information content (AvgIpc) is 3.37. The number of para-hydroxylation sites is 1. The lowest BCUT2D eigenvalue weighted by molar-refractivity contribution is -0.113. The zero-order valence-corrected chi connectivity index (χ0v) is 18.5. The lowest BCUT2D eigenvalue weighted by Crippen LogP contribution is -2.22. The standard InChI is InChI=1S/C26H25N7O/c27-23(34)9-7-17-3-1-4-18(13-17)22-6-2-5-19-14-30-26(33-25(19)22)32-20-8-10-24(29-16-20)31-21-11-12-28-15-21/h1-10,13-14,16,21,28H,11-12,15H2,(H2,27,34)(H,29,31)(H,30,32,33). The van der Waals surface area contributed by atoms with Gasteiger partial charge in [0.25, 0.3) is 0 Å². The molecule has 1 amide bonds. The number of primary amides is 1. The maximum Gasteiger partial charge on any atom is 0.241 e. The Labute approximate surface area is 197 Å². The predicted molar refractivity (Wildman–Crippen MR) is 136 cm³/mol. The van der Waals surface area contributed by atoms with Crippen molar-refractivity contribution in [2.45, 2.75) is 12.5 Å². The lowest BCUT2D eigenvalue weighted by atomic mass is 10.0. The van der Waals surface area contributed by atoms with Gasteiger partial charge in [0.1, 0.15) is 5.82 Å². The van der Waals surface area contributed by atoms with E-state index in [2.05, 4.69) is 25.9 Å². The Balaban J connectivity index is 1.40. The van der Waals surface area contributed by atoms with Crippen LogP contribution in [0.3, 0.4) is 0 Å². The summed E-state index contributed by atoms with van der Waals surface area (Å²) in [5, 5.41) is 11.0. The van der Waals surface area contributed by atoms with E-state index < -0.39 is 5.91 Å². The number of benzene rings is 2. The quantitative estimate of drug-likeness (QED) is 0.316. The molecule has 0 bridgehead atoms. The summed E-state index contributed by atoms with van der Waals surface area (Å²) < 4.78 is 0. The molecule has 1 fully saturated rings. The molecule has 1 saturated heterocycles. The number of hydrogen-bond donors (Lipinski definition) is 4. The molecule has 3 heterocycles. The minimum atomic E-state index is -0.479. The molecule has 4 aromatic rings. The summed E-state index contributed by atoms with van der Waals surface area (Å²) in [7, 11) is 0. The van der Waals surface area contributed by atoms with E-state index in [0.29, 0.717) is 12.0 Å². The number of pyridine rings is 1. The molecule has 34 heavy (non-hydrogen) atoms. The van der Waals surface area contributed by atoms with E-state index >= 15 is 0 Å². The zero-order chi connectivity index (χ0) is 23.3. The highest BCUT2D eigenvalue weighted by atomic mass is 16.1. The second-order valence-electron chi connectivity index (χ2n) is 8.19. The van der Waals surface area contributed by atoms with Gasteiger partial charge in [0.2, 0.25) is 11.9 Å². The van der Waals surface area contributed by atoms with Gasteiger partial charge in [-0.3, -0.25) is 4.79 Å². The maximum atomic E-state index is 11.1. The Morgan fingerprint density at radius 1 is 1.09 bits per heavy atom. The van der Waals surface area contributed by atoms with Crippen molar-refractivity contribution < 1.29 is 4.79 Å². The number of aromatic nitrogens is 3. The first-order valence-electron chi connectivity index (χ1n) is 11.2. The molecule has 0 saturated carbocycles. The molecular weight excluding hydrogens is 426 g/mol. The van der Waals surface area contributed by atoms with E-state index in [1.54, 1.807) is 12.3 Å². The van der Waals surface area contributed by atoms with Crippen molar-refractivity contribution in [3.63, 3.8) is 0 Å². The summed E-state index contributed by atoms with van der Waals surface area (Å²) in [5.74, 6) is 0.867. The molecule has 8 nitrogen and oxygen atoms in total. The first-order chi connectivity index (χ1) is 16.6. The van der Waals surface area contributed by atoms with Gasteiger partial charge in [-0.05, 0) is 48.4 Å². The van der Waals surface area contributed by atoms with Crippen molar-refractivity contribution in [1.82, 2.24) is 20.3 Å². The molecule has 5 N–H and O–H groups in total. The second kappa shape index (κ2) is 9.68. The molecule has 0 aliphatic carbocycles. The highest BCUT2D eigenvalue weighted by Crippen LogP contribution is 2.29. The first-order valence-corrected chi connectivity index (χ1v) is 11.2. The van der Waals surface area contributed by atoms with E-state index in [1.165, 1.54) is 6.08 Å². The highest BCUT2D eigenvalue weighted by Gasteiger charge is 2.14. The summed E-state index contributed by atoms with van der Waals surface area (Å²) in [4.78, 5) is 24.9. The molecule has 0 spiro atoms. The van der Waals surface area contributed by atoms with Crippen molar-refractivity contribution in [2.24, 2.45) is 5.73 Å². The predicted octanol–water partition coefficient (Wildman–Crippen LogP) is 3.71. The van der Waals surface area contributed by atoms with E-state index in [0.717, 1.165) is 58.6 Å². The van der Waals surface area contributed by atoms with Gasteiger partial charge in [-0.2, -0.15) is 0 Å². The third-order valence-electron chi connectivity index (χ3n) is 5.68. The summed E-state index contributed by atoms with van der Waals surface area (Å²) in [6.45, 7) is 1.99. The summed E-state index contributed by atoms with van der Waals surface area (Å²) in [6.07, 6.45) is 7.74. The number of nitrogens with one attached hydrogen (secondary N) is 3. The van der Waals surface area contributed by atoms with Gasteiger partial charge < -0.3 is 21.7 Å². The summed E-state index contributed by atoms with van der Waals surface area (Å²) in [5.41, 5.74) is 9.71. The number of hydrogen-bond acceptors (Lipinski definition) is 7. The molecule has 0 radical (unpaired) electrons. The van der Waals surface area contributed by atoms with Crippen LogP contribution in [0.4, 0.5) is 17.5 Å². The number of carbonyl (C=O) groups is 1. The largest absolute Gasteiger partial charge is 0.366 e. The summed E-state index contributed by atoms with van der Waals surface area (Å²) >= 11 is 0. The SMILES string of the molecule is NC(=O)C=Cc1cccc(-c2cccc3cnc(Nc4ccc(NC5CCNC5)nc4)nc23)c1. The Bertz CT molecular complexity index is 1350. The average molecular weight is 452 g/mol. The van der Waals surface area contributed by atoms with Gasteiger partial charge in [0.05, 0.1) is 17.4 Å². The molecule has 2 aromatic carbocycles. The fourth-order valence-corrected chi connectivity index (χ4v) is 4.01. The lowest BCUT2D eigenvalue weighted by Gasteiger charge is -2.13. The molecule has 1 aliphatic rings. The number of amides is 1. The Hall–Kier alpha value is -4.30. The second-order valence-corrected chi connectivity index (χ2v) is 8.19. The van der Waals surface area contributed by atoms with Crippen LogP contribution in [0.2, 0.25) is 0 Å². The normalized spacial score (nSPS) is 15.6. The van der Waals surface area contributed by atoms with Gasteiger partial charge in [-0.25, -0.2) is 15.0 Å². The number of carbonyl (C=O) groups excluding carboxylic acids is 1. The maximum absolute atomic E-state index is 11.1. The monoisotopic (exact) mass is 451 g/mol. The molecule has 8 heteroatoms. The highest BCUT2D eigenvalue weighted by molar-refractivity contribution is 5.95. The van der Waals surface area contributed by atoms with E-state index in [9.17, 15) is 4.79 Å². The van der Waals surface area contributed by atoms with Crippen molar-refractivity contribution in [2.75, 3.05) is 23.7 Å². The van der Waals surface area contributed by atoms with Gasteiger partial charge in [-0.1, -0.05) is 36.4 Å². The third-order valence-corrected chi connectivity index (χ3v) is 5.68. The first kappa shape index (κ1) is 21.5. The van der Waals surface area contributed by atoms with E-state index in [4.69, 9.17) is 10.7 Å². The van der Waals surface area contributed by atoms with Gasteiger partial charge in [-0.15, -0.1) is 0 Å². The zero-order valence-electron chi connectivity index (χ0n) is 18.5. The van der Waals surface area contributed by atoms with Crippen LogP contribution < -0.4 is 21.7 Å². The van der Waals surface area contributed by atoms with Crippen LogP contribution in [0, 0.1) is 0 Å². The Morgan fingerprint density at radius 3 is 2.79 bits per heavy atom. The van der Waals surface area contributed by atoms with Crippen LogP contribution in [0.1, 0.15) is 12.0 Å². The molecule has 1 atom stereocenters. The van der Waals surface area contributed by atoms with E-state index in [-0.39, 0.29) is 0 Å². The van der Waals surface area contributed by atoms with Crippen molar-refractivity contribution >= 4 is 40.3 Å².